The lowest BCUT2D eigenvalue weighted by atomic mass is 9.99. The van der Waals surface area contributed by atoms with E-state index < -0.39 is 6.29 Å². The molecule has 1 aliphatic heterocycles. The van der Waals surface area contributed by atoms with Gasteiger partial charge in [-0.05, 0) is 53.8 Å². The van der Waals surface area contributed by atoms with Crippen molar-refractivity contribution in [2.24, 2.45) is 0 Å². The molecule has 0 aliphatic carbocycles. The summed E-state index contributed by atoms with van der Waals surface area (Å²) in [6, 6.07) is 31.1. The number of nitrogens with two attached hydrogens (primary N) is 1. The van der Waals surface area contributed by atoms with E-state index >= 15 is 0 Å². The summed E-state index contributed by atoms with van der Waals surface area (Å²) in [7, 11) is 0. The molecule has 5 aromatic rings. The summed E-state index contributed by atoms with van der Waals surface area (Å²) in [6.45, 7) is 1.06. The molecule has 3 unspecified atom stereocenters. The number of carbonyl (C=O) groups excluding carboxylic acids is 2. The van der Waals surface area contributed by atoms with Gasteiger partial charge < -0.3 is 35.5 Å². The Balaban J connectivity index is 0.973. The Morgan fingerprint density at radius 2 is 1.48 bits per heavy atom. The summed E-state index contributed by atoms with van der Waals surface area (Å²) >= 11 is 0. The summed E-state index contributed by atoms with van der Waals surface area (Å²) in [4.78, 5) is 29.3. The molecule has 3 atom stereocenters. The molecule has 5 N–H and O–H groups in total. The number of fused-ring (bicyclic) bond motifs is 1. The number of aromatic nitrogens is 2. The minimum atomic E-state index is -0.572. The number of imidazole rings is 1. The van der Waals surface area contributed by atoms with E-state index in [1.165, 1.54) is 0 Å². The number of benzene rings is 4. The smallest absolute Gasteiger partial charge is 0.224 e. The molecule has 1 aliphatic rings. The number of ether oxygens (including phenoxy) is 2. The van der Waals surface area contributed by atoms with Crippen LogP contribution in [0.5, 0.6) is 0 Å². The number of hydrogen-bond donors (Lipinski definition) is 4. The highest BCUT2D eigenvalue weighted by molar-refractivity contribution is 5.93. The summed E-state index contributed by atoms with van der Waals surface area (Å²) in [5.41, 5.74) is 12.9. The first-order valence-corrected chi connectivity index (χ1v) is 17.4. The Hall–Kier alpha value is -5.03. The molecule has 10 heteroatoms. The van der Waals surface area contributed by atoms with Crippen LogP contribution < -0.4 is 16.4 Å². The number of amides is 2. The van der Waals surface area contributed by atoms with Crippen LogP contribution in [0.15, 0.2) is 103 Å². The van der Waals surface area contributed by atoms with Crippen LogP contribution in [0.3, 0.4) is 0 Å². The maximum atomic E-state index is 12.5. The lowest BCUT2D eigenvalue weighted by Crippen LogP contribution is -2.32. The van der Waals surface area contributed by atoms with Gasteiger partial charge in [0.15, 0.2) is 6.29 Å². The number of aliphatic hydroxyl groups excluding tert-OH is 1. The molecule has 0 radical (unpaired) electrons. The van der Waals surface area contributed by atoms with Gasteiger partial charge in [-0.2, -0.15) is 0 Å². The van der Waals surface area contributed by atoms with Crippen LogP contribution in [0.4, 0.5) is 11.4 Å². The number of unbranched alkanes of at least 4 members (excludes halogenated alkanes) is 3. The maximum absolute atomic E-state index is 12.5. The highest BCUT2D eigenvalue weighted by Gasteiger charge is 2.32. The lowest BCUT2D eigenvalue weighted by molar-refractivity contribution is -0.252. The molecule has 6 rings (SSSR count). The van der Waals surface area contributed by atoms with Crippen LogP contribution in [0.1, 0.15) is 79.6 Å². The standard InChI is InChI=1S/C40H45N5O5/c41-33-9-5-6-10-34(33)44-39(48)14-4-2-1-3-13-38(47)42-24-28-15-21-31(22-16-28)40-49-32(25-45-27-43-35-11-7-8-12-36(35)45)23-37(50-40)30-19-17-29(26-46)18-20-30/h5-12,15-22,27,32,37,40,46H,1-4,13-14,23-26,41H2,(H,42,47)(H,44,48). The highest BCUT2D eigenvalue weighted by Crippen LogP contribution is 2.38. The highest BCUT2D eigenvalue weighted by atomic mass is 16.7. The Labute approximate surface area is 292 Å². The first kappa shape index (κ1) is 34.8. The number of nitrogens with zero attached hydrogens (tertiary/aromatic N) is 2. The van der Waals surface area contributed by atoms with Crippen molar-refractivity contribution in [1.82, 2.24) is 14.9 Å². The van der Waals surface area contributed by atoms with Crippen LogP contribution in [0.25, 0.3) is 11.0 Å². The first-order valence-electron chi connectivity index (χ1n) is 17.4. The molecule has 0 spiro atoms. The minimum absolute atomic E-state index is 0.00530. The second kappa shape index (κ2) is 17.1. The topological polar surface area (TPSA) is 141 Å². The van der Waals surface area contributed by atoms with E-state index in [4.69, 9.17) is 15.2 Å². The zero-order valence-electron chi connectivity index (χ0n) is 28.2. The Morgan fingerprint density at radius 3 is 2.24 bits per heavy atom. The number of anilines is 2. The second-order valence-corrected chi connectivity index (χ2v) is 12.8. The van der Waals surface area contributed by atoms with Crippen LogP contribution in [0.2, 0.25) is 0 Å². The van der Waals surface area contributed by atoms with E-state index in [1.807, 2.05) is 85.2 Å². The largest absolute Gasteiger partial charge is 0.397 e. The molecule has 1 saturated heterocycles. The van der Waals surface area contributed by atoms with Gasteiger partial charge in [0.2, 0.25) is 11.8 Å². The van der Waals surface area contributed by atoms with Gasteiger partial charge in [-0.15, -0.1) is 0 Å². The predicted octanol–water partition coefficient (Wildman–Crippen LogP) is 6.95. The average molecular weight is 676 g/mol. The van der Waals surface area contributed by atoms with E-state index in [0.29, 0.717) is 43.7 Å². The number of nitrogens with one attached hydrogen (secondary N) is 2. The molecule has 2 amide bonds. The van der Waals surface area contributed by atoms with Crippen LogP contribution in [0, 0.1) is 0 Å². The second-order valence-electron chi connectivity index (χ2n) is 12.8. The summed E-state index contributed by atoms with van der Waals surface area (Å²) in [6.07, 6.45) is 5.82. The first-order chi connectivity index (χ1) is 24.4. The summed E-state index contributed by atoms with van der Waals surface area (Å²) in [5, 5.41) is 15.4. The fourth-order valence-corrected chi connectivity index (χ4v) is 6.24. The average Bonchev–Trinajstić information content (AvgIpc) is 3.55. The van der Waals surface area contributed by atoms with Crippen molar-refractivity contribution >= 4 is 34.2 Å². The van der Waals surface area contributed by atoms with Crippen LogP contribution in [-0.4, -0.2) is 32.6 Å². The van der Waals surface area contributed by atoms with Gasteiger partial charge in [0, 0.05) is 31.4 Å². The number of hydrogen-bond acceptors (Lipinski definition) is 7. The molecular formula is C40H45N5O5. The monoisotopic (exact) mass is 675 g/mol. The molecule has 260 valence electrons. The van der Waals surface area contributed by atoms with E-state index in [-0.39, 0.29) is 30.6 Å². The van der Waals surface area contributed by atoms with Gasteiger partial charge in [-0.1, -0.05) is 85.6 Å². The number of para-hydroxylation sites is 4. The molecule has 2 heterocycles. The van der Waals surface area contributed by atoms with Gasteiger partial charge in [0.05, 0.1) is 54.1 Å². The zero-order chi connectivity index (χ0) is 34.7. The summed E-state index contributed by atoms with van der Waals surface area (Å²) in [5.74, 6) is -0.0418. The van der Waals surface area contributed by atoms with Crippen LogP contribution in [-0.2, 0) is 38.8 Å². The fourth-order valence-electron chi connectivity index (χ4n) is 6.24. The third-order valence-corrected chi connectivity index (χ3v) is 9.08. The summed E-state index contributed by atoms with van der Waals surface area (Å²) < 4.78 is 15.2. The quantitative estimate of drug-likeness (QED) is 0.0695. The van der Waals surface area contributed by atoms with Crippen molar-refractivity contribution in [3.63, 3.8) is 0 Å². The Bertz CT molecular complexity index is 1860. The molecule has 10 nitrogen and oxygen atoms in total. The maximum Gasteiger partial charge on any atom is 0.224 e. The predicted molar refractivity (Wildman–Crippen MR) is 194 cm³/mol. The SMILES string of the molecule is Nc1ccccc1NC(=O)CCCCCCC(=O)NCc1ccc(C2OC(Cn3cnc4ccccc43)CC(c3ccc(CO)cc3)O2)cc1. The van der Waals surface area contributed by atoms with Crippen molar-refractivity contribution in [3.05, 3.63) is 126 Å². The molecule has 4 aromatic carbocycles. The van der Waals surface area contributed by atoms with Gasteiger partial charge >= 0.3 is 0 Å². The number of carbonyl (C=O) groups is 2. The van der Waals surface area contributed by atoms with E-state index in [2.05, 4.69) is 26.3 Å². The van der Waals surface area contributed by atoms with Crippen molar-refractivity contribution in [2.75, 3.05) is 11.1 Å². The van der Waals surface area contributed by atoms with Crippen molar-refractivity contribution < 1.29 is 24.2 Å². The van der Waals surface area contributed by atoms with Crippen molar-refractivity contribution in [3.8, 4) is 0 Å². The molecule has 50 heavy (non-hydrogen) atoms. The van der Waals surface area contributed by atoms with E-state index in [1.54, 1.807) is 12.1 Å². The van der Waals surface area contributed by atoms with E-state index in [0.717, 1.165) is 59.0 Å². The third-order valence-electron chi connectivity index (χ3n) is 9.08. The molecule has 0 bridgehead atoms. The molecule has 1 aromatic heterocycles. The van der Waals surface area contributed by atoms with Gasteiger partial charge in [-0.25, -0.2) is 4.98 Å². The van der Waals surface area contributed by atoms with E-state index in [9.17, 15) is 14.7 Å². The van der Waals surface area contributed by atoms with Gasteiger partial charge in [0.25, 0.3) is 0 Å². The van der Waals surface area contributed by atoms with Gasteiger partial charge in [-0.3, -0.25) is 9.59 Å². The normalized spacial score (nSPS) is 17.4. The Morgan fingerprint density at radius 1 is 0.800 bits per heavy atom. The zero-order valence-corrected chi connectivity index (χ0v) is 28.2. The number of aliphatic hydroxyl groups is 1. The van der Waals surface area contributed by atoms with Gasteiger partial charge in [0.1, 0.15) is 0 Å². The molecule has 1 fully saturated rings. The third kappa shape index (κ3) is 9.35. The minimum Gasteiger partial charge on any atom is -0.397 e. The van der Waals surface area contributed by atoms with Crippen LogP contribution >= 0.6 is 0 Å². The lowest BCUT2D eigenvalue weighted by Gasteiger charge is -2.36. The fraction of sp³-hybridized carbons (Fsp3) is 0.325. The van der Waals surface area contributed by atoms with Crippen molar-refractivity contribution in [2.45, 2.75) is 83.1 Å². The molecular weight excluding hydrogens is 630 g/mol. The number of nitrogen functional groups attached to an aromatic ring is 1. The number of rotatable bonds is 15. The van der Waals surface area contributed by atoms with Crippen molar-refractivity contribution in [1.29, 1.82) is 0 Å². The Kier molecular flexibility index (Phi) is 11.9. The molecule has 0 saturated carbocycles.